The third kappa shape index (κ3) is 4.32. The van der Waals surface area contributed by atoms with Crippen LogP contribution in [0.1, 0.15) is 22.8 Å². The second-order valence-corrected chi connectivity index (χ2v) is 7.21. The number of hydrogen-bond donors (Lipinski definition) is 1. The lowest BCUT2D eigenvalue weighted by Crippen LogP contribution is -2.44. The molecular formula is C19H17N3O4S2. The predicted molar refractivity (Wildman–Crippen MR) is 111 cm³/mol. The fourth-order valence-corrected chi connectivity index (χ4v) is 3.61. The first-order valence-electron chi connectivity index (χ1n) is 8.33. The number of aromatic nitrogens is 1. The van der Waals surface area contributed by atoms with Crippen molar-refractivity contribution in [2.75, 3.05) is 13.7 Å². The third-order valence-electron chi connectivity index (χ3n) is 3.73. The van der Waals surface area contributed by atoms with Crippen LogP contribution in [0.15, 0.2) is 47.6 Å². The molecule has 2 amide bonds. The second kappa shape index (κ2) is 8.85. The van der Waals surface area contributed by atoms with E-state index in [9.17, 15) is 9.59 Å². The van der Waals surface area contributed by atoms with Crippen molar-refractivity contribution in [3.05, 3.63) is 58.8 Å². The number of amides is 2. The van der Waals surface area contributed by atoms with Crippen molar-refractivity contribution in [1.29, 1.82) is 0 Å². The number of hydrogen-bond acceptors (Lipinski definition) is 7. The highest BCUT2D eigenvalue weighted by molar-refractivity contribution is 8.26. The zero-order valence-corrected chi connectivity index (χ0v) is 16.8. The van der Waals surface area contributed by atoms with Gasteiger partial charge in [-0.1, -0.05) is 17.8 Å². The first-order valence-corrected chi connectivity index (χ1v) is 9.55. The minimum atomic E-state index is -0.442. The van der Waals surface area contributed by atoms with E-state index in [1.807, 2.05) is 13.0 Å². The van der Waals surface area contributed by atoms with Gasteiger partial charge in [-0.3, -0.25) is 20.0 Å². The Morgan fingerprint density at radius 2 is 2.04 bits per heavy atom. The predicted octanol–water partition coefficient (Wildman–Crippen LogP) is 3.04. The van der Waals surface area contributed by atoms with Gasteiger partial charge in [0.1, 0.15) is 0 Å². The Hall–Kier alpha value is -2.91. The minimum Gasteiger partial charge on any atom is -0.493 e. The maximum Gasteiger partial charge on any atom is 0.285 e. The zero-order valence-electron chi connectivity index (χ0n) is 15.2. The summed E-state index contributed by atoms with van der Waals surface area (Å²) in [6, 6.07) is 8.47. The number of rotatable bonds is 6. The van der Waals surface area contributed by atoms with E-state index in [2.05, 4.69) is 10.4 Å². The first kappa shape index (κ1) is 19.8. The fourth-order valence-electron chi connectivity index (χ4n) is 2.43. The largest absolute Gasteiger partial charge is 0.493 e. The molecule has 0 bridgehead atoms. The zero-order chi connectivity index (χ0) is 20.1. The highest BCUT2D eigenvalue weighted by Crippen LogP contribution is 2.34. The molecule has 9 heteroatoms. The van der Waals surface area contributed by atoms with E-state index in [1.165, 1.54) is 12.4 Å². The van der Waals surface area contributed by atoms with E-state index in [0.29, 0.717) is 28.6 Å². The Kier molecular flexibility index (Phi) is 6.27. The number of carbonyl (C=O) groups excluding carboxylic acids is 2. The van der Waals surface area contributed by atoms with Crippen LogP contribution in [0.3, 0.4) is 0 Å². The summed E-state index contributed by atoms with van der Waals surface area (Å²) in [5.74, 6) is 0.351. The molecule has 0 spiro atoms. The number of thiocarbonyl (C=S) groups is 1. The van der Waals surface area contributed by atoms with E-state index in [0.717, 1.165) is 22.3 Å². The monoisotopic (exact) mass is 415 g/mol. The van der Waals surface area contributed by atoms with Gasteiger partial charge < -0.3 is 9.47 Å². The van der Waals surface area contributed by atoms with Crippen molar-refractivity contribution >= 4 is 46.2 Å². The van der Waals surface area contributed by atoms with Crippen LogP contribution in [0.2, 0.25) is 0 Å². The van der Waals surface area contributed by atoms with Gasteiger partial charge >= 0.3 is 0 Å². The molecule has 1 saturated heterocycles. The number of nitrogens with zero attached hydrogens (tertiary/aromatic N) is 2. The molecule has 3 rings (SSSR count). The standard InChI is InChI=1S/C19H17N3O4S2/c1-3-26-14-5-4-12(10-15(14)25-2)11-16-18(24)22(19(27)28-16)21-17(23)13-6-8-20-9-7-13/h4-11H,3H2,1-2H3,(H,21,23). The molecule has 1 N–H and O–H groups in total. The molecule has 2 aromatic rings. The molecule has 0 unspecified atom stereocenters. The number of methoxy groups -OCH3 is 1. The summed E-state index contributed by atoms with van der Waals surface area (Å²) in [4.78, 5) is 29.2. The van der Waals surface area contributed by atoms with Crippen molar-refractivity contribution in [2.24, 2.45) is 0 Å². The number of carbonyl (C=O) groups is 2. The smallest absolute Gasteiger partial charge is 0.285 e. The van der Waals surface area contributed by atoms with E-state index in [1.54, 1.807) is 37.5 Å². The summed E-state index contributed by atoms with van der Waals surface area (Å²) in [5.41, 5.74) is 3.66. The van der Waals surface area contributed by atoms with Crippen LogP contribution in [0.5, 0.6) is 11.5 Å². The fraction of sp³-hybridized carbons (Fsp3) is 0.158. The Labute approximate surface area is 171 Å². The molecule has 0 saturated carbocycles. The van der Waals surface area contributed by atoms with Gasteiger partial charge in [-0.2, -0.15) is 5.01 Å². The van der Waals surface area contributed by atoms with Crippen LogP contribution in [0, 0.1) is 0 Å². The van der Waals surface area contributed by atoms with Crippen molar-refractivity contribution in [3.63, 3.8) is 0 Å². The van der Waals surface area contributed by atoms with Gasteiger partial charge in [0.2, 0.25) is 0 Å². The molecule has 1 aromatic carbocycles. The summed E-state index contributed by atoms with van der Waals surface area (Å²) in [6.07, 6.45) is 4.69. The van der Waals surface area contributed by atoms with Crippen LogP contribution >= 0.6 is 24.0 Å². The van der Waals surface area contributed by atoms with Crippen molar-refractivity contribution < 1.29 is 19.1 Å². The normalized spacial score (nSPS) is 15.1. The Bertz CT molecular complexity index is 947. The van der Waals surface area contributed by atoms with Crippen LogP contribution in [-0.4, -0.2) is 39.8 Å². The molecule has 0 atom stereocenters. The lowest BCUT2D eigenvalue weighted by atomic mass is 10.2. The van der Waals surface area contributed by atoms with Crippen molar-refractivity contribution in [1.82, 2.24) is 15.4 Å². The number of pyridine rings is 1. The van der Waals surface area contributed by atoms with Gasteiger partial charge in [-0.25, -0.2) is 0 Å². The maximum atomic E-state index is 12.7. The van der Waals surface area contributed by atoms with E-state index < -0.39 is 11.8 Å². The lowest BCUT2D eigenvalue weighted by Gasteiger charge is -2.15. The summed E-state index contributed by atoms with van der Waals surface area (Å²) in [5, 5.41) is 1.07. The molecule has 1 fully saturated rings. The maximum absolute atomic E-state index is 12.7. The van der Waals surface area contributed by atoms with Gasteiger partial charge in [0.15, 0.2) is 15.8 Å². The Morgan fingerprint density at radius 1 is 1.29 bits per heavy atom. The van der Waals surface area contributed by atoms with Crippen molar-refractivity contribution in [3.8, 4) is 11.5 Å². The molecule has 1 aromatic heterocycles. The van der Waals surface area contributed by atoms with Crippen LogP contribution in [0.4, 0.5) is 0 Å². The van der Waals surface area contributed by atoms with Crippen LogP contribution < -0.4 is 14.9 Å². The minimum absolute atomic E-state index is 0.247. The van der Waals surface area contributed by atoms with Gasteiger partial charge in [0.25, 0.3) is 11.8 Å². The van der Waals surface area contributed by atoms with Gasteiger partial charge in [0.05, 0.1) is 18.6 Å². The molecule has 7 nitrogen and oxygen atoms in total. The molecule has 1 aliphatic heterocycles. The van der Waals surface area contributed by atoms with Crippen LogP contribution in [0.25, 0.3) is 6.08 Å². The molecule has 2 heterocycles. The summed E-state index contributed by atoms with van der Waals surface area (Å²) >= 11 is 6.35. The number of nitrogens with one attached hydrogen (secondary N) is 1. The average molecular weight is 415 g/mol. The van der Waals surface area contributed by atoms with Gasteiger partial charge in [-0.05, 0) is 55.0 Å². The number of thioether (sulfide) groups is 1. The molecular weight excluding hydrogens is 398 g/mol. The highest BCUT2D eigenvalue weighted by Gasteiger charge is 2.33. The summed E-state index contributed by atoms with van der Waals surface area (Å²) < 4.78 is 11.1. The quantitative estimate of drug-likeness (QED) is 0.574. The summed E-state index contributed by atoms with van der Waals surface area (Å²) in [6.45, 7) is 2.41. The number of hydrazine groups is 1. The SMILES string of the molecule is CCOc1ccc(C=C2SC(=S)N(NC(=O)c3ccncc3)C2=O)cc1OC. The van der Waals surface area contributed by atoms with Gasteiger partial charge in [0, 0.05) is 18.0 Å². The third-order valence-corrected chi connectivity index (χ3v) is 5.04. The van der Waals surface area contributed by atoms with E-state index >= 15 is 0 Å². The van der Waals surface area contributed by atoms with E-state index in [-0.39, 0.29) is 4.32 Å². The van der Waals surface area contributed by atoms with Crippen LogP contribution in [-0.2, 0) is 4.79 Å². The first-order chi connectivity index (χ1) is 13.5. The average Bonchev–Trinajstić information content (AvgIpc) is 2.97. The molecule has 0 radical (unpaired) electrons. The molecule has 0 aliphatic carbocycles. The van der Waals surface area contributed by atoms with E-state index in [4.69, 9.17) is 21.7 Å². The molecule has 144 valence electrons. The summed E-state index contributed by atoms with van der Waals surface area (Å²) in [7, 11) is 1.55. The second-order valence-electron chi connectivity index (χ2n) is 5.54. The topological polar surface area (TPSA) is 80.8 Å². The van der Waals surface area contributed by atoms with Crippen molar-refractivity contribution in [2.45, 2.75) is 6.92 Å². The number of benzene rings is 1. The Balaban J connectivity index is 1.78. The molecule has 28 heavy (non-hydrogen) atoms. The number of ether oxygens (including phenoxy) is 2. The highest BCUT2D eigenvalue weighted by atomic mass is 32.2. The van der Waals surface area contributed by atoms with Gasteiger partial charge in [-0.15, -0.1) is 0 Å². The lowest BCUT2D eigenvalue weighted by molar-refractivity contribution is -0.123. The Morgan fingerprint density at radius 3 is 2.71 bits per heavy atom. The molecule has 1 aliphatic rings.